The van der Waals surface area contributed by atoms with Gasteiger partial charge in [0.25, 0.3) is 0 Å². The molecular weight excluding hydrogens is 170 g/mol. The molecule has 0 aromatic carbocycles. The Labute approximate surface area is 81.7 Å². The Hall–Kier alpha value is 0.250. The van der Waals surface area contributed by atoms with Gasteiger partial charge in [-0.15, -0.1) is 11.6 Å². The molecule has 0 aliphatic carbocycles. The molecule has 0 fully saturated rings. The molecule has 0 rings (SSSR count). The molecule has 12 heavy (non-hydrogen) atoms. The topological polar surface area (TPSA) is 26.0 Å². The number of nitrogens with two attached hydrogens (primary N) is 1. The molecule has 1 nitrogen and oxygen atoms in total. The molecule has 0 bridgehead atoms. The van der Waals surface area contributed by atoms with Crippen LogP contribution in [-0.2, 0) is 0 Å². The zero-order valence-electron chi connectivity index (χ0n) is 8.19. The highest BCUT2D eigenvalue weighted by Gasteiger charge is 1.95. The number of hydrogen-bond acceptors (Lipinski definition) is 1. The van der Waals surface area contributed by atoms with E-state index >= 15 is 0 Å². The summed E-state index contributed by atoms with van der Waals surface area (Å²) in [4.78, 5) is 0. The van der Waals surface area contributed by atoms with Gasteiger partial charge in [-0.3, -0.25) is 0 Å². The minimum absolute atomic E-state index is 0.356. The largest absolute Gasteiger partial charge is 0.330 e. The third kappa shape index (κ3) is 10.2. The van der Waals surface area contributed by atoms with Gasteiger partial charge >= 0.3 is 0 Å². The molecule has 2 heteroatoms. The van der Waals surface area contributed by atoms with Crippen molar-refractivity contribution in [2.45, 2.75) is 57.2 Å². The van der Waals surface area contributed by atoms with Gasteiger partial charge in [-0.1, -0.05) is 32.1 Å². The van der Waals surface area contributed by atoms with E-state index < -0.39 is 0 Å². The highest BCUT2D eigenvalue weighted by molar-refractivity contribution is 6.20. The summed E-state index contributed by atoms with van der Waals surface area (Å²) in [6.07, 6.45) is 8.96. The van der Waals surface area contributed by atoms with Gasteiger partial charge in [-0.05, 0) is 26.3 Å². The van der Waals surface area contributed by atoms with Crippen molar-refractivity contribution in [2.75, 3.05) is 6.54 Å². The van der Waals surface area contributed by atoms with E-state index in [0.29, 0.717) is 5.38 Å². The van der Waals surface area contributed by atoms with Crippen LogP contribution in [0.25, 0.3) is 0 Å². The van der Waals surface area contributed by atoms with Crippen LogP contribution in [0.4, 0.5) is 0 Å². The summed E-state index contributed by atoms with van der Waals surface area (Å²) >= 11 is 5.82. The van der Waals surface area contributed by atoms with Gasteiger partial charge in [0.2, 0.25) is 0 Å². The second-order valence-corrected chi connectivity index (χ2v) is 4.22. The van der Waals surface area contributed by atoms with Gasteiger partial charge in [-0.25, -0.2) is 0 Å². The number of unbranched alkanes of at least 4 members (excludes halogenated alkanes) is 5. The smallest absolute Gasteiger partial charge is 0.0307 e. The molecule has 1 atom stereocenters. The quantitative estimate of drug-likeness (QED) is 0.463. The van der Waals surface area contributed by atoms with Crippen LogP contribution in [0.1, 0.15) is 51.9 Å². The maximum Gasteiger partial charge on any atom is 0.0307 e. The molecule has 0 aliphatic rings. The van der Waals surface area contributed by atoms with Crippen LogP contribution in [0.5, 0.6) is 0 Å². The lowest BCUT2D eigenvalue weighted by molar-refractivity contribution is 0.580. The maximum absolute atomic E-state index is 5.82. The SMILES string of the molecule is CC(Cl)CCCCCCCCN. The summed E-state index contributed by atoms with van der Waals surface area (Å²) < 4.78 is 0. The predicted molar refractivity (Wildman–Crippen MR) is 56.7 cm³/mol. The highest BCUT2D eigenvalue weighted by atomic mass is 35.5. The maximum atomic E-state index is 5.82. The molecule has 74 valence electrons. The summed E-state index contributed by atoms with van der Waals surface area (Å²) in [6.45, 7) is 2.91. The van der Waals surface area contributed by atoms with Crippen LogP contribution in [0.3, 0.4) is 0 Å². The number of rotatable bonds is 8. The van der Waals surface area contributed by atoms with E-state index in [1.807, 2.05) is 0 Å². The molecule has 0 aromatic heterocycles. The van der Waals surface area contributed by atoms with Gasteiger partial charge in [0.15, 0.2) is 0 Å². The Bertz CT molecular complexity index is 83.9. The average Bonchev–Trinajstić information content (AvgIpc) is 2.02. The highest BCUT2D eigenvalue weighted by Crippen LogP contribution is 2.10. The van der Waals surface area contributed by atoms with Crippen LogP contribution in [0, 0.1) is 0 Å². The Morgan fingerprint density at radius 1 is 1.00 bits per heavy atom. The van der Waals surface area contributed by atoms with Crippen molar-refractivity contribution >= 4 is 11.6 Å². The minimum Gasteiger partial charge on any atom is -0.330 e. The first kappa shape index (κ1) is 12.2. The molecule has 0 aromatic rings. The third-order valence-electron chi connectivity index (χ3n) is 2.06. The molecule has 0 amide bonds. The summed E-state index contributed by atoms with van der Waals surface area (Å²) in [6, 6.07) is 0. The molecule has 0 saturated heterocycles. The fourth-order valence-electron chi connectivity index (χ4n) is 1.28. The predicted octanol–water partition coefficient (Wildman–Crippen LogP) is 3.30. The average molecular weight is 192 g/mol. The Balaban J connectivity index is 2.82. The molecule has 1 unspecified atom stereocenters. The number of halogens is 1. The fourth-order valence-corrected chi connectivity index (χ4v) is 1.43. The van der Waals surface area contributed by atoms with E-state index in [1.165, 1.54) is 44.9 Å². The first-order valence-corrected chi connectivity index (χ1v) is 5.55. The number of alkyl halides is 1. The van der Waals surface area contributed by atoms with Gasteiger partial charge < -0.3 is 5.73 Å². The lowest BCUT2D eigenvalue weighted by Gasteiger charge is -2.02. The molecule has 0 saturated carbocycles. The zero-order chi connectivity index (χ0) is 9.23. The van der Waals surface area contributed by atoms with E-state index in [0.717, 1.165) is 6.54 Å². The van der Waals surface area contributed by atoms with Crippen molar-refractivity contribution in [3.63, 3.8) is 0 Å². The van der Waals surface area contributed by atoms with E-state index in [1.54, 1.807) is 0 Å². The Morgan fingerprint density at radius 2 is 1.50 bits per heavy atom. The first-order chi connectivity index (χ1) is 5.77. The first-order valence-electron chi connectivity index (χ1n) is 5.11. The Morgan fingerprint density at radius 3 is 2.00 bits per heavy atom. The monoisotopic (exact) mass is 191 g/mol. The zero-order valence-corrected chi connectivity index (χ0v) is 8.95. The van der Waals surface area contributed by atoms with Crippen molar-refractivity contribution in [3.05, 3.63) is 0 Å². The van der Waals surface area contributed by atoms with E-state index in [2.05, 4.69) is 6.92 Å². The standard InChI is InChI=1S/C10H22ClN/c1-10(11)8-6-4-2-3-5-7-9-12/h10H,2-9,12H2,1H3. The molecule has 0 spiro atoms. The van der Waals surface area contributed by atoms with Crippen LogP contribution in [0.2, 0.25) is 0 Å². The number of hydrogen-bond donors (Lipinski definition) is 1. The van der Waals surface area contributed by atoms with Crippen molar-refractivity contribution in [3.8, 4) is 0 Å². The van der Waals surface area contributed by atoms with Crippen LogP contribution in [-0.4, -0.2) is 11.9 Å². The summed E-state index contributed by atoms with van der Waals surface area (Å²) in [5.74, 6) is 0. The van der Waals surface area contributed by atoms with Crippen molar-refractivity contribution in [1.82, 2.24) is 0 Å². The molecule has 0 heterocycles. The second-order valence-electron chi connectivity index (χ2n) is 3.48. The third-order valence-corrected chi connectivity index (χ3v) is 2.27. The lowest BCUT2D eigenvalue weighted by atomic mass is 10.1. The van der Waals surface area contributed by atoms with Crippen molar-refractivity contribution in [1.29, 1.82) is 0 Å². The van der Waals surface area contributed by atoms with E-state index in [-0.39, 0.29) is 0 Å². The molecule has 2 N–H and O–H groups in total. The Kier molecular flexibility index (Phi) is 9.53. The van der Waals surface area contributed by atoms with Gasteiger partial charge in [0.05, 0.1) is 0 Å². The molecular formula is C10H22ClN. The molecule has 0 radical (unpaired) electrons. The summed E-state index contributed by atoms with van der Waals surface area (Å²) in [7, 11) is 0. The van der Waals surface area contributed by atoms with Crippen LogP contribution >= 0.6 is 11.6 Å². The summed E-state index contributed by atoms with van der Waals surface area (Å²) in [5, 5.41) is 0.356. The molecule has 0 aliphatic heterocycles. The fraction of sp³-hybridized carbons (Fsp3) is 1.00. The second kappa shape index (κ2) is 9.34. The van der Waals surface area contributed by atoms with Gasteiger partial charge in [0.1, 0.15) is 0 Å². The van der Waals surface area contributed by atoms with E-state index in [9.17, 15) is 0 Å². The van der Waals surface area contributed by atoms with Crippen LogP contribution < -0.4 is 5.73 Å². The van der Waals surface area contributed by atoms with Crippen molar-refractivity contribution in [2.24, 2.45) is 5.73 Å². The lowest BCUT2D eigenvalue weighted by Crippen LogP contribution is -1.97. The summed E-state index contributed by atoms with van der Waals surface area (Å²) in [5.41, 5.74) is 5.39. The van der Waals surface area contributed by atoms with Gasteiger partial charge in [0, 0.05) is 5.38 Å². The van der Waals surface area contributed by atoms with Crippen LogP contribution in [0.15, 0.2) is 0 Å². The van der Waals surface area contributed by atoms with Crippen molar-refractivity contribution < 1.29 is 0 Å². The minimum atomic E-state index is 0.356. The normalized spacial score (nSPS) is 13.2. The van der Waals surface area contributed by atoms with Gasteiger partial charge in [-0.2, -0.15) is 0 Å². The van der Waals surface area contributed by atoms with E-state index in [4.69, 9.17) is 17.3 Å².